The molecule has 0 saturated heterocycles. The van der Waals surface area contributed by atoms with Gasteiger partial charge in [-0.2, -0.15) is 0 Å². The largest absolute Gasteiger partial charge is 0.389 e. The van der Waals surface area contributed by atoms with Crippen molar-refractivity contribution in [1.29, 1.82) is 0 Å². The third kappa shape index (κ3) is 1.70. The Bertz CT molecular complexity index is 222. The second-order valence-electron chi connectivity index (χ2n) is 1.56. The van der Waals surface area contributed by atoms with Crippen LogP contribution in [-0.4, -0.2) is 11.7 Å². The molecule has 1 aromatic heterocycles. The molecule has 10 heavy (non-hydrogen) atoms. The van der Waals surface area contributed by atoms with Crippen molar-refractivity contribution in [3.63, 3.8) is 0 Å². The molecule has 1 heterocycles. The van der Waals surface area contributed by atoms with E-state index in [1.807, 2.05) is 0 Å². The molecule has 2 N–H and O–H groups in total. The van der Waals surface area contributed by atoms with Crippen molar-refractivity contribution < 1.29 is 4.84 Å². The van der Waals surface area contributed by atoms with Gasteiger partial charge in [0.05, 0.1) is 12.4 Å². The molecule has 0 unspecified atom stereocenters. The van der Waals surface area contributed by atoms with Gasteiger partial charge < -0.3 is 10.6 Å². The monoisotopic (exact) mass is 156 g/mol. The standard InChI is InChI=1S/C5H6N3OS/c1-7-9-2-4-3-10-5(6)8-4/h1,3H,2H2,(H2,6,8). The fourth-order valence-electron chi connectivity index (χ4n) is 0.492. The third-order valence-electron chi connectivity index (χ3n) is 0.856. The van der Waals surface area contributed by atoms with E-state index in [2.05, 4.69) is 15.0 Å². The molecule has 1 rings (SSSR count). The summed E-state index contributed by atoms with van der Waals surface area (Å²) in [5.41, 5.74) is 6.09. The van der Waals surface area contributed by atoms with Crippen LogP contribution in [0, 0.1) is 0 Å². The van der Waals surface area contributed by atoms with Gasteiger partial charge in [-0.25, -0.2) is 4.98 Å². The Hall–Kier alpha value is -1.10. The number of rotatable bonds is 3. The van der Waals surface area contributed by atoms with Crippen molar-refractivity contribution in [2.75, 3.05) is 5.73 Å². The number of nitrogen functional groups attached to an aromatic ring is 1. The predicted molar refractivity (Wildman–Crippen MR) is 39.8 cm³/mol. The number of thiazole rings is 1. The van der Waals surface area contributed by atoms with Crippen LogP contribution in [0.4, 0.5) is 5.13 Å². The van der Waals surface area contributed by atoms with Gasteiger partial charge in [-0.05, 0) is 0 Å². The van der Waals surface area contributed by atoms with Gasteiger partial charge in [0.1, 0.15) is 0 Å². The maximum absolute atomic E-state index is 5.34. The molecule has 1 radical (unpaired) electrons. The lowest BCUT2D eigenvalue weighted by Gasteiger charge is -1.90. The van der Waals surface area contributed by atoms with Crippen molar-refractivity contribution in [2.45, 2.75) is 6.61 Å². The average Bonchev–Trinajstić information content (AvgIpc) is 2.31. The van der Waals surface area contributed by atoms with Gasteiger partial charge in [0.2, 0.25) is 0 Å². The molecule has 0 aromatic carbocycles. The van der Waals surface area contributed by atoms with Crippen LogP contribution in [0.5, 0.6) is 0 Å². The summed E-state index contributed by atoms with van der Waals surface area (Å²) in [4.78, 5) is 8.43. The van der Waals surface area contributed by atoms with Crippen LogP contribution < -0.4 is 5.73 Å². The van der Waals surface area contributed by atoms with E-state index in [4.69, 9.17) is 12.5 Å². The van der Waals surface area contributed by atoms with Crippen LogP contribution in [0.2, 0.25) is 0 Å². The van der Waals surface area contributed by atoms with Crippen LogP contribution in [0.25, 0.3) is 0 Å². The number of nitrogens with zero attached hydrogens (tertiary/aromatic N) is 2. The average molecular weight is 156 g/mol. The Morgan fingerprint density at radius 2 is 2.70 bits per heavy atom. The minimum absolute atomic E-state index is 0.282. The molecule has 0 aliphatic carbocycles. The molecular formula is C5H6N3OS. The van der Waals surface area contributed by atoms with Crippen molar-refractivity contribution in [2.24, 2.45) is 5.16 Å². The lowest BCUT2D eigenvalue weighted by Crippen LogP contribution is -1.88. The predicted octanol–water partition coefficient (Wildman–Crippen LogP) is 0.735. The van der Waals surface area contributed by atoms with E-state index in [0.717, 1.165) is 5.69 Å². The van der Waals surface area contributed by atoms with Crippen LogP contribution in [0.15, 0.2) is 10.5 Å². The van der Waals surface area contributed by atoms with Gasteiger partial charge >= 0.3 is 0 Å². The van der Waals surface area contributed by atoms with E-state index in [-0.39, 0.29) is 6.61 Å². The SMILES string of the molecule is [CH]=NOCc1csc(N)n1. The highest BCUT2D eigenvalue weighted by Crippen LogP contribution is 2.11. The summed E-state index contributed by atoms with van der Waals surface area (Å²) in [7, 11) is 0. The van der Waals surface area contributed by atoms with Crippen LogP contribution in [0.3, 0.4) is 0 Å². The summed E-state index contributed by atoms with van der Waals surface area (Å²) in [6.45, 7) is 5.01. The lowest BCUT2D eigenvalue weighted by molar-refractivity contribution is 0.131. The fourth-order valence-corrected chi connectivity index (χ4v) is 1.04. The molecule has 0 saturated carbocycles. The number of hydrogen-bond acceptors (Lipinski definition) is 5. The first-order valence-electron chi connectivity index (χ1n) is 2.55. The Kier molecular flexibility index (Phi) is 2.22. The number of nitrogens with two attached hydrogens (primary N) is 1. The summed E-state index contributed by atoms with van der Waals surface area (Å²) in [6.07, 6.45) is 0. The molecule has 0 fully saturated rings. The number of anilines is 1. The minimum atomic E-state index is 0.282. The summed E-state index contributed by atoms with van der Waals surface area (Å²) in [5.74, 6) is 0. The second kappa shape index (κ2) is 3.17. The quantitative estimate of drug-likeness (QED) is 0.518. The summed E-state index contributed by atoms with van der Waals surface area (Å²) in [6, 6.07) is 0. The zero-order valence-electron chi connectivity index (χ0n) is 5.15. The van der Waals surface area contributed by atoms with E-state index >= 15 is 0 Å². The lowest BCUT2D eigenvalue weighted by atomic mass is 10.5. The van der Waals surface area contributed by atoms with Crippen LogP contribution in [0.1, 0.15) is 5.69 Å². The summed E-state index contributed by atoms with van der Waals surface area (Å²) >= 11 is 1.36. The van der Waals surface area contributed by atoms with Gasteiger partial charge in [-0.1, -0.05) is 5.16 Å². The van der Waals surface area contributed by atoms with Crippen molar-refractivity contribution in [1.82, 2.24) is 4.98 Å². The van der Waals surface area contributed by atoms with Gasteiger partial charge in [0, 0.05) is 5.38 Å². The van der Waals surface area contributed by atoms with E-state index in [1.165, 1.54) is 11.3 Å². The maximum atomic E-state index is 5.34. The van der Waals surface area contributed by atoms with E-state index < -0.39 is 0 Å². The van der Waals surface area contributed by atoms with Gasteiger partial charge in [0.15, 0.2) is 11.7 Å². The zero-order valence-corrected chi connectivity index (χ0v) is 5.97. The van der Waals surface area contributed by atoms with Crippen molar-refractivity contribution in [3.05, 3.63) is 11.1 Å². The van der Waals surface area contributed by atoms with Crippen molar-refractivity contribution in [3.8, 4) is 0 Å². The normalized spacial score (nSPS) is 9.20. The Morgan fingerprint density at radius 1 is 1.90 bits per heavy atom. The first kappa shape index (κ1) is 7.01. The molecule has 0 bridgehead atoms. The smallest absolute Gasteiger partial charge is 0.180 e. The van der Waals surface area contributed by atoms with E-state index in [1.54, 1.807) is 5.38 Å². The highest BCUT2D eigenvalue weighted by molar-refractivity contribution is 7.13. The molecule has 53 valence electrons. The Balaban J connectivity index is 2.49. The summed E-state index contributed by atoms with van der Waals surface area (Å²) < 4.78 is 0. The number of aromatic nitrogens is 1. The molecule has 0 atom stereocenters. The molecule has 0 aliphatic heterocycles. The molecular weight excluding hydrogens is 150 g/mol. The van der Waals surface area contributed by atoms with Gasteiger partial charge in [-0.3, -0.25) is 0 Å². The first-order chi connectivity index (χ1) is 4.83. The van der Waals surface area contributed by atoms with Gasteiger partial charge in [0.25, 0.3) is 0 Å². The molecule has 5 heteroatoms. The first-order valence-corrected chi connectivity index (χ1v) is 3.43. The van der Waals surface area contributed by atoms with E-state index in [9.17, 15) is 0 Å². The van der Waals surface area contributed by atoms with Crippen LogP contribution >= 0.6 is 11.3 Å². The summed E-state index contributed by atoms with van der Waals surface area (Å²) in [5, 5.41) is 5.28. The van der Waals surface area contributed by atoms with Crippen LogP contribution in [-0.2, 0) is 11.4 Å². The minimum Gasteiger partial charge on any atom is -0.389 e. The van der Waals surface area contributed by atoms with E-state index in [0.29, 0.717) is 5.13 Å². The molecule has 4 nitrogen and oxygen atoms in total. The zero-order chi connectivity index (χ0) is 7.40. The topological polar surface area (TPSA) is 60.5 Å². The maximum Gasteiger partial charge on any atom is 0.180 e. The van der Waals surface area contributed by atoms with Crippen molar-refractivity contribution >= 4 is 23.2 Å². The molecule has 0 aliphatic rings. The molecule has 0 spiro atoms. The van der Waals surface area contributed by atoms with Gasteiger partial charge in [-0.15, -0.1) is 11.3 Å². The Morgan fingerprint density at radius 3 is 3.20 bits per heavy atom. The highest BCUT2D eigenvalue weighted by Gasteiger charge is 1.96. The fraction of sp³-hybridized carbons (Fsp3) is 0.200. The molecule has 0 amide bonds. The highest BCUT2D eigenvalue weighted by atomic mass is 32.1. The number of hydrogen-bond donors (Lipinski definition) is 1. The second-order valence-corrected chi connectivity index (χ2v) is 2.45. The molecule has 1 aromatic rings. The third-order valence-corrected chi connectivity index (χ3v) is 1.58. The Labute approximate surface area is 62.3 Å².